The summed E-state index contributed by atoms with van der Waals surface area (Å²) in [5.74, 6) is 1.00. The zero-order chi connectivity index (χ0) is 14.8. The average Bonchev–Trinajstić information content (AvgIpc) is 2.39. The molecule has 1 aliphatic carbocycles. The van der Waals surface area contributed by atoms with Crippen LogP contribution in [0.3, 0.4) is 0 Å². The minimum absolute atomic E-state index is 0.284. The summed E-state index contributed by atoms with van der Waals surface area (Å²) in [4.78, 5) is 0. The number of hydrogen-bond donors (Lipinski definition) is 2. The highest BCUT2D eigenvalue weighted by molar-refractivity contribution is 5.28. The molecule has 0 unspecified atom stereocenters. The number of benzene rings is 1. The van der Waals surface area contributed by atoms with Crippen LogP contribution in [0.4, 0.5) is 0 Å². The van der Waals surface area contributed by atoms with E-state index in [0.29, 0.717) is 11.8 Å². The molecule has 112 valence electrons. The lowest BCUT2D eigenvalue weighted by Gasteiger charge is -2.42. The predicted molar refractivity (Wildman–Crippen MR) is 82.8 cm³/mol. The second-order valence-corrected chi connectivity index (χ2v) is 7.19. The first kappa shape index (κ1) is 15.4. The standard InChI is InChI=1S/C18H28O2/c1-4-17(2,3)15-8-10-18(20,11-9-15)13-14-6-5-7-16(19)12-14/h5-7,12,15,19-20H,4,8-11,13H2,1-3H3. The van der Waals surface area contributed by atoms with E-state index in [0.717, 1.165) is 37.2 Å². The molecule has 0 amide bonds. The van der Waals surface area contributed by atoms with Crippen LogP contribution in [0.1, 0.15) is 58.4 Å². The number of aliphatic hydroxyl groups is 1. The van der Waals surface area contributed by atoms with Crippen LogP contribution in [0.25, 0.3) is 0 Å². The van der Waals surface area contributed by atoms with Crippen molar-refractivity contribution in [3.05, 3.63) is 29.8 Å². The molecule has 1 aromatic carbocycles. The van der Waals surface area contributed by atoms with Crippen molar-refractivity contribution in [3.63, 3.8) is 0 Å². The molecule has 2 heteroatoms. The lowest BCUT2D eigenvalue weighted by Crippen LogP contribution is -2.39. The summed E-state index contributed by atoms with van der Waals surface area (Å²) in [6.45, 7) is 6.95. The van der Waals surface area contributed by atoms with E-state index >= 15 is 0 Å². The van der Waals surface area contributed by atoms with Gasteiger partial charge >= 0.3 is 0 Å². The molecular formula is C18H28O2. The quantitative estimate of drug-likeness (QED) is 0.861. The summed E-state index contributed by atoms with van der Waals surface area (Å²) in [5, 5.41) is 20.3. The first-order valence-corrected chi connectivity index (χ1v) is 7.85. The summed E-state index contributed by atoms with van der Waals surface area (Å²) in [6.07, 6.45) is 5.81. The van der Waals surface area contributed by atoms with E-state index in [2.05, 4.69) is 20.8 Å². The number of aromatic hydroxyl groups is 1. The second kappa shape index (κ2) is 5.77. The third kappa shape index (κ3) is 3.54. The van der Waals surface area contributed by atoms with E-state index < -0.39 is 5.60 Å². The van der Waals surface area contributed by atoms with E-state index in [9.17, 15) is 10.2 Å². The van der Waals surface area contributed by atoms with E-state index in [1.165, 1.54) is 6.42 Å². The average molecular weight is 276 g/mol. The van der Waals surface area contributed by atoms with Crippen LogP contribution in [0, 0.1) is 11.3 Å². The second-order valence-electron chi connectivity index (χ2n) is 7.19. The first-order valence-electron chi connectivity index (χ1n) is 7.85. The summed E-state index contributed by atoms with van der Waals surface area (Å²) in [7, 11) is 0. The van der Waals surface area contributed by atoms with Crippen molar-refractivity contribution in [1.29, 1.82) is 0 Å². The van der Waals surface area contributed by atoms with Crippen LogP contribution < -0.4 is 0 Å². The third-order valence-electron chi connectivity index (χ3n) is 5.38. The molecule has 0 saturated heterocycles. The molecule has 1 saturated carbocycles. The van der Waals surface area contributed by atoms with E-state index in [1.807, 2.05) is 12.1 Å². The fourth-order valence-electron chi connectivity index (χ4n) is 3.45. The minimum Gasteiger partial charge on any atom is -0.508 e. The van der Waals surface area contributed by atoms with Crippen molar-refractivity contribution in [2.45, 2.75) is 64.9 Å². The Morgan fingerprint density at radius 2 is 1.90 bits per heavy atom. The maximum Gasteiger partial charge on any atom is 0.115 e. The summed E-state index contributed by atoms with van der Waals surface area (Å²) in [6, 6.07) is 7.27. The van der Waals surface area contributed by atoms with Crippen molar-refractivity contribution < 1.29 is 10.2 Å². The Hall–Kier alpha value is -1.02. The molecule has 2 rings (SSSR count). The molecule has 20 heavy (non-hydrogen) atoms. The molecule has 0 aromatic heterocycles. The molecule has 2 N–H and O–H groups in total. The van der Waals surface area contributed by atoms with Crippen LogP contribution in [-0.4, -0.2) is 15.8 Å². The van der Waals surface area contributed by atoms with E-state index in [4.69, 9.17) is 0 Å². The molecule has 0 aliphatic heterocycles. The van der Waals surface area contributed by atoms with E-state index in [-0.39, 0.29) is 5.75 Å². The van der Waals surface area contributed by atoms with Gasteiger partial charge in [-0.3, -0.25) is 0 Å². The highest BCUT2D eigenvalue weighted by atomic mass is 16.3. The molecule has 0 spiro atoms. The molecule has 1 fully saturated rings. The minimum atomic E-state index is -0.589. The van der Waals surface area contributed by atoms with Gasteiger partial charge in [0.25, 0.3) is 0 Å². The van der Waals surface area contributed by atoms with Crippen molar-refractivity contribution in [2.24, 2.45) is 11.3 Å². The van der Waals surface area contributed by atoms with Crippen LogP contribution in [0.2, 0.25) is 0 Å². The van der Waals surface area contributed by atoms with Gasteiger partial charge in [0.1, 0.15) is 5.75 Å². The van der Waals surface area contributed by atoms with Crippen molar-refractivity contribution in [3.8, 4) is 5.75 Å². The Morgan fingerprint density at radius 3 is 2.45 bits per heavy atom. The molecule has 0 bridgehead atoms. The highest BCUT2D eigenvalue weighted by Crippen LogP contribution is 2.44. The van der Waals surface area contributed by atoms with E-state index in [1.54, 1.807) is 12.1 Å². The highest BCUT2D eigenvalue weighted by Gasteiger charge is 2.38. The van der Waals surface area contributed by atoms with Gasteiger partial charge in [0, 0.05) is 6.42 Å². The van der Waals surface area contributed by atoms with Crippen LogP contribution >= 0.6 is 0 Å². The smallest absolute Gasteiger partial charge is 0.115 e. The van der Waals surface area contributed by atoms with Crippen molar-refractivity contribution in [1.82, 2.24) is 0 Å². The van der Waals surface area contributed by atoms with Gasteiger partial charge in [-0.2, -0.15) is 0 Å². The van der Waals surface area contributed by atoms with Crippen molar-refractivity contribution in [2.75, 3.05) is 0 Å². The zero-order valence-electron chi connectivity index (χ0n) is 13.0. The topological polar surface area (TPSA) is 40.5 Å². The summed E-state index contributed by atoms with van der Waals surface area (Å²) >= 11 is 0. The maximum atomic E-state index is 10.8. The Kier molecular flexibility index (Phi) is 4.43. The zero-order valence-corrected chi connectivity index (χ0v) is 13.0. The lowest BCUT2D eigenvalue weighted by molar-refractivity contribution is -0.0276. The fourth-order valence-corrected chi connectivity index (χ4v) is 3.45. The fraction of sp³-hybridized carbons (Fsp3) is 0.667. The Labute approximate surface area is 122 Å². The van der Waals surface area contributed by atoms with Crippen molar-refractivity contribution >= 4 is 0 Å². The van der Waals surface area contributed by atoms with Gasteiger partial charge in [-0.15, -0.1) is 0 Å². The molecule has 0 atom stereocenters. The number of phenolic OH excluding ortho intramolecular Hbond substituents is 1. The number of phenols is 1. The molecule has 1 aliphatic rings. The molecule has 0 heterocycles. The van der Waals surface area contributed by atoms with Crippen LogP contribution in [0.15, 0.2) is 24.3 Å². The van der Waals surface area contributed by atoms with Gasteiger partial charge < -0.3 is 10.2 Å². The largest absolute Gasteiger partial charge is 0.508 e. The summed E-state index contributed by atoms with van der Waals surface area (Å²) in [5.41, 5.74) is 0.821. The van der Waals surface area contributed by atoms with Gasteiger partial charge in [-0.25, -0.2) is 0 Å². The number of hydrogen-bond acceptors (Lipinski definition) is 2. The van der Waals surface area contributed by atoms with Gasteiger partial charge in [-0.1, -0.05) is 39.3 Å². The van der Waals surface area contributed by atoms with Gasteiger partial charge in [0.15, 0.2) is 0 Å². The third-order valence-corrected chi connectivity index (χ3v) is 5.38. The SMILES string of the molecule is CCC(C)(C)C1CCC(O)(Cc2cccc(O)c2)CC1. The Morgan fingerprint density at radius 1 is 1.25 bits per heavy atom. The molecule has 2 nitrogen and oxygen atoms in total. The Balaban J connectivity index is 1.98. The van der Waals surface area contributed by atoms with Gasteiger partial charge in [0.2, 0.25) is 0 Å². The summed E-state index contributed by atoms with van der Waals surface area (Å²) < 4.78 is 0. The molecular weight excluding hydrogens is 248 g/mol. The van der Waals surface area contributed by atoms with Crippen LogP contribution in [0.5, 0.6) is 5.75 Å². The molecule has 0 radical (unpaired) electrons. The van der Waals surface area contributed by atoms with Gasteiger partial charge in [0.05, 0.1) is 5.60 Å². The first-order chi connectivity index (χ1) is 9.35. The number of rotatable bonds is 4. The Bertz CT molecular complexity index is 442. The van der Waals surface area contributed by atoms with Crippen LogP contribution in [-0.2, 0) is 6.42 Å². The van der Waals surface area contributed by atoms with Gasteiger partial charge in [-0.05, 0) is 54.7 Å². The normalized spacial score (nSPS) is 27.5. The monoisotopic (exact) mass is 276 g/mol. The predicted octanol–water partition coefficient (Wildman–Crippen LogP) is 4.29. The lowest BCUT2D eigenvalue weighted by atomic mass is 9.65. The molecule has 1 aromatic rings. The maximum absolute atomic E-state index is 10.8.